The molecule has 76 valence electrons. The van der Waals surface area contributed by atoms with Gasteiger partial charge < -0.3 is 5.11 Å². The van der Waals surface area contributed by atoms with Crippen LogP contribution in [0.4, 0.5) is 0 Å². The molecular formula is C7H12O5S. The van der Waals surface area contributed by atoms with Crippen LogP contribution in [0, 0.1) is 5.41 Å². The molecule has 0 aliphatic heterocycles. The summed E-state index contributed by atoms with van der Waals surface area (Å²) in [6.07, 6.45) is 1.20. The summed E-state index contributed by atoms with van der Waals surface area (Å²) in [5, 5.41) is 8.95. The minimum Gasteiger partial charge on any atom is -0.395 e. The molecule has 1 atom stereocenters. The predicted octanol–water partition coefficient (Wildman–Crippen LogP) is -0.394. The number of carbonyl (C=O) groups is 1. The Morgan fingerprint density at radius 3 is 2.38 bits per heavy atom. The van der Waals surface area contributed by atoms with Crippen LogP contribution in [0.25, 0.3) is 0 Å². The zero-order chi connectivity index (χ0) is 10.1. The number of hydrogen-bond donors (Lipinski definition) is 2. The molecule has 0 radical (unpaired) electrons. The quantitative estimate of drug-likeness (QED) is 0.616. The first-order chi connectivity index (χ1) is 5.90. The smallest absolute Gasteiger partial charge is 0.265 e. The molecule has 1 rings (SSSR count). The Labute approximate surface area is 76.5 Å². The highest BCUT2D eigenvalue weighted by Crippen LogP contribution is 2.35. The molecule has 0 saturated heterocycles. The monoisotopic (exact) mass is 208 g/mol. The van der Waals surface area contributed by atoms with Crippen molar-refractivity contribution in [3.63, 3.8) is 0 Å². The molecular weight excluding hydrogens is 196 g/mol. The first-order valence-corrected chi connectivity index (χ1v) is 5.60. The fourth-order valence-corrected chi connectivity index (χ4v) is 2.80. The Morgan fingerprint density at radius 1 is 1.46 bits per heavy atom. The molecule has 0 bridgehead atoms. The molecule has 1 aliphatic rings. The van der Waals surface area contributed by atoms with Crippen LogP contribution in [0.2, 0.25) is 0 Å². The summed E-state index contributed by atoms with van der Waals surface area (Å²) in [4.78, 5) is 11.3. The van der Waals surface area contributed by atoms with E-state index in [0.29, 0.717) is 12.8 Å². The normalized spacial score (nSPS) is 29.5. The lowest BCUT2D eigenvalue weighted by Gasteiger charge is -2.22. The summed E-state index contributed by atoms with van der Waals surface area (Å²) in [5.41, 5.74) is -1.24. The third-order valence-corrected chi connectivity index (χ3v) is 3.33. The molecule has 0 aromatic heterocycles. The number of ketones is 1. The van der Waals surface area contributed by atoms with Gasteiger partial charge in [0.2, 0.25) is 0 Å². The van der Waals surface area contributed by atoms with Gasteiger partial charge in [-0.15, -0.1) is 0 Å². The molecule has 1 unspecified atom stereocenters. The lowest BCUT2D eigenvalue weighted by Crippen LogP contribution is -2.37. The van der Waals surface area contributed by atoms with Gasteiger partial charge in [0.25, 0.3) is 10.1 Å². The van der Waals surface area contributed by atoms with Gasteiger partial charge in [-0.3, -0.25) is 9.35 Å². The van der Waals surface area contributed by atoms with Crippen LogP contribution in [0.15, 0.2) is 0 Å². The number of hydrogen-bond acceptors (Lipinski definition) is 4. The minimum atomic E-state index is -4.19. The predicted molar refractivity (Wildman–Crippen MR) is 44.8 cm³/mol. The van der Waals surface area contributed by atoms with Crippen LogP contribution in [0.5, 0.6) is 0 Å². The average molecular weight is 208 g/mol. The van der Waals surface area contributed by atoms with Gasteiger partial charge in [0.1, 0.15) is 5.78 Å². The van der Waals surface area contributed by atoms with Crippen molar-refractivity contribution in [2.45, 2.75) is 19.3 Å². The van der Waals surface area contributed by atoms with E-state index in [2.05, 4.69) is 0 Å². The maximum absolute atomic E-state index is 11.3. The molecule has 0 aromatic rings. The number of aliphatic hydroxyl groups excluding tert-OH is 1. The van der Waals surface area contributed by atoms with E-state index < -0.39 is 27.9 Å². The Kier molecular flexibility index (Phi) is 2.74. The van der Waals surface area contributed by atoms with Crippen molar-refractivity contribution in [2.75, 3.05) is 12.4 Å². The summed E-state index contributed by atoms with van der Waals surface area (Å²) in [5.74, 6) is -0.928. The van der Waals surface area contributed by atoms with Crippen LogP contribution in [-0.4, -0.2) is 36.2 Å². The van der Waals surface area contributed by atoms with Gasteiger partial charge in [-0.1, -0.05) is 0 Å². The third-order valence-electron chi connectivity index (χ3n) is 2.41. The van der Waals surface area contributed by atoms with Crippen molar-refractivity contribution in [1.29, 1.82) is 0 Å². The summed E-state index contributed by atoms with van der Waals surface area (Å²) in [6, 6.07) is 0. The van der Waals surface area contributed by atoms with Gasteiger partial charge in [0.05, 0.1) is 17.8 Å². The van der Waals surface area contributed by atoms with Crippen LogP contribution >= 0.6 is 0 Å². The van der Waals surface area contributed by atoms with E-state index in [-0.39, 0.29) is 12.2 Å². The van der Waals surface area contributed by atoms with E-state index in [9.17, 15) is 13.2 Å². The third kappa shape index (κ3) is 2.26. The Hall–Kier alpha value is -0.460. The summed E-state index contributed by atoms with van der Waals surface area (Å²) in [7, 11) is -4.19. The van der Waals surface area contributed by atoms with E-state index in [0.717, 1.165) is 0 Å². The number of aliphatic hydroxyl groups is 1. The SMILES string of the molecule is O=C1CCCC1(CO)CS(=O)(=O)O. The highest BCUT2D eigenvalue weighted by atomic mass is 32.2. The van der Waals surface area contributed by atoms with Crippen molar-refractivity contribution in [1.82, 2.24) is 0 Å². The van der Waals surface area contributed by atoms with Crippen molar-refractivity contribution in [2.24, 2.45) is 5.41 Å². The van der Waals surface area contributed by atoms with Gasteiger partial charge in [0, 0.05) is 6.42 Å². The van der Waals surface area contributed by atoms with Crippen LogP contribution in [-0.2, 0) is 14.9 Å². The van der Waals surface area contributed by atoms with Gasteiger partial charge in [0.15, 0.2) is 0 Å². The standard InChI is InChI=1S/C7H12O5S/c8-4-7(5-13(10,11)12)3-1-2-6(7)9/h8H,1-5H2,(H,10,11,12). The zero-order valence-electron chi connectivity index (χ0n) is 7.06. The largest absolute Gasteiger partial charge is 0.395 e. The van der Waals surface area contributed by atoms with E-state index in [1.165, 1.54) is 0 Å². The molecule has 6 heteroatoms. The summed E-state index contributed by atoms with van der Waals surface area (Å²) in [6.45, 7) is -0.508. The zero-order valence-corrected chi connectivity index (χ0v) is 7.88. The molecule has 0 spiro atoms. The van der Waals surface area contributed by atoms with E-state index in [1.807, 2.05) is 0 Å². The number of rotatable bonds is 3. The second-order valence-electron chi connectivity index (χ2n) is 3.44. The van der Waals surface area contributed by atoms with Gasteiger partial charge >= 0.3 is 0 Å². The average Bonchev–Trinajstić information content (AvgIpc) is 2.30. The van der Waals surface area contributed by atoms with E-state index in [4.69, 9.17) is 9.66 Å². The van der Waals surface area contributed by atoms with E-state index >= 15 is 0 Å². The fourth-order valence-electron chi connectivity index (χ4n) is 1.71. The second kappa shape index (κ2) is 3.36. The highest BCUT2D eigenvalue weighted by Gasteiger charge is 2.44. The molecule has 0 aromatic carbocycles. The minimum absolute atomic E-state index is 0.271. The van der Waals surface area contributed by atoms with Gasteiger partial charge in [-0.2, -0.15) is 8.42 Å². The highest BCUT2D eigenvalue weighted by molar-refractivity contribution is 7.85. The molecule has 2 N–H and O–H groups in total. The van der Waals surface area contributed by atoms with Crippen molar-refractivity contribution in [3.05, 3.63) is 0 Å². The molecule has 13 heavy (non-hydrogen) atoms. The maximum atomic E-state index is 11.3. The maximum Gasteiger partial charge on any atom is 0.265 e. The molecule has 1 aliphatic carbocycles. The molecule has 0 amide bonds. The van der Waals surface area contributed by atoms with Crippen molar-refractivity contribution >= 4 is 15.9 Å². The summed E-state index contributed by atoms with van der Waals surface area (Å²) < 4.78 is 29.8. The number of carbonyl (C=O) groups excluding carboxylic acids is 1. The topological polar surface area (TPSA) is 91.7 Å². The first kappa shape index (κ1) is 10.6. The Morgan fingerprint density at radius 2 is 2.08 bits per heavy atom. The molecule has 0 heterocycles. The lowest BCUT2D eigenvalue weighted by atomic mass is 9.89. The molecule has 5 nitrogen and oxygen atoms in total. The number of Topliss-reactive ketones (excluding diaryl/α,β-unsaturated/α-hetero) is 1. The van der Waals surface area contributed by atoms with Gasteiger partial charge in [-0.25, -0.2) is 0 Å². The van der Waals surface area contributed by atoms with Crippen LogP contribution in [0.3, 0.4) is 0 Å². The lowest BCUT2D eigenvalue weighted by molar-refractivity contribution is -0.126. The molecule has 1 saturated carbocycles. The van der Waals surface area contributed by atoms with Crippen LogP contribution in [0.1, 0.15) is 19.3 Å². The van der Waals surface area contributed by atoms with Crippen molar-refractivity contribution < 1.29 is 22.9 Å². The fraction of sp³-hybridized carbons (Fsp3) is 0.857. The molecule has 1 fully saturated rings. The summed E-state index contributed by atoms with van der Waals surface area (Å²) >= 11 is 0. The van der Waals surface area contributed by atoms with Crippen LogP contribution < -0.4 is 0 Å². The van der Waals surface area contributed by atoms with Crippen molar-refractivity contribution in [3.8, 4) is 0 Å². The first-order valence-electron chi connectivity index (χ1n) is 3.99. The Bertz CT molecular complexity index is 307. The van der Waals surface area contributed by atoms with Gasteiger partial charge in [-0.05, 0) is 12.8 Å². The van der Waals surface area contributed by atoms with E-state index in [1.54, 1.807) is 0 Å². The second-order valence-corrected chi connectivity index (χ2v) is 4.89. The Balaban J connectivity index is 2.88.